The topological polar surface area (TPSA) is 23.5 Å². The maximum atomic E-state index is 9.37. The van der Waals surface area contributed by atoms with Gasteiger partial charge >= 0.3 is 91.0 Å². The summed E-state index contributed by atoms with van der Waals surface area (Å²) in [5.41, 5.74) is 0. The number of hydrogen-bond donors (Lipinski definition) is 1. The SMILES string of the molecule is OC1CCN([Se]c2ccccc2)CC1. The zero-order valence-corrected chi connectivity index (χ0v) is 9.81. The zero-order chi connectivity index (χ0) is 9.80. The number of rotatable bonds is 2. The third-order valence-electron chi connectivity index (χ3n) is 2.40. The van der Waals surface area contributed by atoms with Crippen LogP contribution >= 0.6 is 0 Å². The Labute approximate surface area is 91.3 Å². The Morgan fingerprint density at radius 2 is 1.79 bits per heavy atom. The molecule has 0 atom stereocenters. The van der Waals surface area contributed by atoms with Crippen LogP contribution in [0, 0.1) is 0 Å². The van der Waals surface area contributed by atoms with Gasteiger partial charge in [0, 0.05) is 0 Å². The summed E-state index contributed by atoms with van der Waals surface area (Å²) in [4.78, 5) is 0. The predicted octanol–water partition coefficient (Wildman–Crippen LogP) is 0.388. The van der Waals surface area contributed by atoms with Crippen molar-refractivity contribution >= 4 is 19.6 Å². The van der Waals surface area contributed by atoms with E-state index in [1.54, 1.807) is 0 Å². The molecule has 2 rings (SSSR count). The molecule has 1 aromatic carbocycles. The van der Waals surface area contributed by atoms with Gasteiger partial charge in [0.25, 0.3) is 0 Å². The summed E-state index contributed by atoms with van der Waals surface area (Å²) in [5.74, 6) is 0. The first kappa shape index (κ1) is 10.2. The molecule has 1 aliphatic rings. The van der Waals surface area contributed by atoms with Gasteiger partial charge in [-0.25, -0.2) is 0 Å². The Morgan fingerprint density at radius 1 is 1.14 bits per heavy atom. The quantitative estimate of drug-likeness (QED) is 0.774. The normalized spacial score (nSPS) is 19.8. The van der Waals surface area contributed by atoms with Gasteiger partial charge < -0.3 is 0 Å². The van der Waals surface area contributed by atoms with E-state index in [0.717, 1.165) is 25.9 Å². The van der Waals surface area contributed by atoms with Gasteiger partial charge in [-0.2, -0.15) is 0 Å². The summed E-state index contributed by atoms with van der Waals surface area (Å²) < 4.78 is 3.89. The Hall–Kier alpha value is -0.341. The van der Waals surface area contributed by atoms with Crippen molar-refractivity contribution < 1.29 is 5.11 Å². The van der Waals surface area contributed by atoms with Crippen LogP contribution in [0.5, 0.6) is 0 Å². The molecule has 0 spiro atoms. The van der Waals surface area contributed by atoms with Crippen LogP contribution in [-0.4, -0.2) is 43.4 Å². The maximum absolute atomic E-state index is 9.37. The van der Waals surface area contributed by atoms with Crippen LogP contribution in [0.2, 0.25) is 0 Å². The molecule has 76 valence electrons. The fraction of sp³-hybridized carbons (Fsp3) is 0.455. The van der Waals surface area contributed by atoms with E-state index in [9.17, 15) is 5.11 Å². The number of piperidine rings is 1. The summed E-state index contributed by atoms with van der Waals surface area (Å²) in [6.45, 7) is 2.10. The molecular weight excluding hydrogens is 241 g/mol. The third-order valence-corrected chi connectivity index (χ3v) is 4.72. The molecule has 1 heterocycles. The minimum atomic E-state index is -0.0576. The second-order valence-electron chi connectivity index (χ2n) is 3.56. The van der Waals surface area contributed by atoms with Gasteiger partial charge in [-0.05, 0) is 0 Å². The molecule has 14 heavy (non-hydrogen) atoms. The fourth-order valence-electron chi connectivity index (χ4n) is 1.56. The van der Waals surface area contributed by atoms with Gasteiger partial charge in [0.2, 0.25) is 0 Å². The Morgan fingerprint density at radius 3 is 2.43 bits per heavy atom. The Kier molecular flexibility index (Phi) is 3.60. The molecular formula is C11H15NOSe. The van der Waals surface area contributed by atoms with Crippen molar-refractivity contribution in [1.29, 1.82) is 0 Å². The van der Waals surface area contributed by atoms with Crippen LogP contribution in [0.25, 0.3) is 0 Å². The monoisotopic (exact) mass is 257 g/mol. The fourth-order valence-corrected chi connectivity index (χ4v) is 3.60. The molecule has 0 saturated carbocycles. The Balaban J connectivity index is 1.87. The summed E-state index contributed by atoms with van der Waals surface area (Å²) in [6, 6.07) is 10.6. The van der Waals surface area contributed by atoms with Crippen molar-refractivity contribution in [1.82, 2.24) is 3.92 Å². The number of benzene rings is 1. The van der Waals surface area contributed by atoms with Crippen LogP contribution in [0.1, 0.15) is 12.8 Å². The van der Waals surface area contributed by atoms with Crippen LogP contribution < -0.4 is 4.46 Å². The number of aliphatic hydroxyl groups excluding tert-OH is 1. The minimum absolute atomic E-state index is 0.0576. The van der Waals surface area contributed by atoms with E-state index in [4.69, 9.17) is 0 Å². The van der Waals surface area contributed by atoms with Gasteiger partial charge in [0.15, 0.2) is 0 Å². The first-order valence-corrected chi connectivity index (χ1v) is 6.63. The summed E-state index contributed by atoms with van der Waals surface area (Å²) in [7, 11) is 0. The molecule has 1 saturated heterocycles. The molecule has 0 aliphatic carbocycles. The number of hydrogen-bond acceptors (Lipinski definition) is 2. The predicted molar refractivity (Wildman–Crippen MR) is 58.6 cm³/mol. The van der Waals surface area contributed by atoms with Gasteiger partial charge in [-0.3, -0.25) is 0 Å². The summed E-state index contributed by atoms with van der Waals surface area (Å²) in [6.07, 6.45) is 1.82. The summed E-state index contributed by atoms with van der Waals surface area (Å²) >= 11 is 0.446. The molecule has 1 N–H and O–H groups in total. The van der Waals surface area contributed by atoms with Crippen molar-refractivity contribution in [3.8, 4) is 0 Å². The van der Waals surface area contributed by atoms with Gasteiger partial charge in [0.1, 0.15) is 0 Å². The molecule has 1 aromatic rings. The van der Waals surface area contributed by atoms with Crippen molar-refractivity contribution in [3.63, 3.8) is 0 Å². The van der Waals surface area contributed by atoms with Crippen molar-refractivity contribution in [2.75, 3.05) is 13.1 Å². The van der Waals surface area contributed by atoms with Crippen molar-refractivity contribution in [2.45, 2.75) is 18.9 Å². The van der Waals surface area contributed by atoms with E-state index in [1.807, 2.05) is 0 Å². The first-order valence-electron chi connectivity index (χ1n) is 5.00. The molecule has 3 heteroatoms. The van der Waals surface area contributed by atoms with Crippen molar-refractivity contribution in [3.05, 3.63) is 30.3 Å². The van der Waals surface area contributed by atoms with E-state index in [0.29, 0.717) is 15.2 Å². The van der Waals surface area contributed by atoms with E-state index in [1.165, 1.54) is 4.46 Å². The second kappa shape index (κ2) is 4.94. The molecule has 1 fully saturated rings. The van der Waals surface area contributed by atoms with Crippen LogP contribution in [0.15, 0.2) is 30.3 Å². The first-order chi connectivity index (χ1) is 6.84. The molecule has 2 nitrogen and oxygen atoms in total. The van der Waals surface area contributed by atoms with Gasteiger partial charge in [0.05, 0.1) is 0 Å². The van der Waals surface area contributed by atoms with Gasteiger partial charge in [-0.15, -0.1) is 0 Å². The molecule has 0 bridgehead atoms. The second-order valence-corrected chi connectivity index (χ2v) is 6.02. The molecule has 0 aromatic heterocycles. The number of nitrogens with zero attached hydrogens (tertiary/aromatic N) is 1. The average Bonchev–Trinajstić information content (AvgIpc) is 2.23. The zero-order valence-electron chi connectivity index (χ0n) is 8.10. The molecule has 1 aliphatic heterocycles. The Bertz CT molecular complexity index is 270. The number of aliphatic hydroxyl groups is 1. The average molecular weight is 256 g/mol. The molecule has 0 radical (unpaired) electrons. The van der Waals surface area contributed by atoms with Crippen LogP contribution in [0.3, 0.4) is 0 Å². The molecule has 0 amide bonds. The third kappa shape index (κ3) is 2.82. The standard InChI is InChI=1S/C11H15NOSe/c13-10-6-8-12(9-7-10)14-11-4-2-1-3-5-11/h1-5,10,13H,6-9H2. The van der Waals surface area contributed by atoms with E-state index in [2.05, 4.69) is 34.2 Å². The van der Waals surface area contributed by atoms with Crippen LogP contribution in [-0.2, 0) is 0 Å². The van der Waals surface area contributed by atoms with Crippen molar-refractivity contribution in [2.24, 2.45) is 0 Å². The van der Waals surface area contributed by atoms with Crippen LogP contribution in [0.4, 0.5) is 0 Å². The van der Waals surface area contributed by atoms with Gasteiger partial charge in [-0.1, -0.05) is 0 Å². The van der Waals surface area contributed by atoms with E-state index >= 15 is 0 Å². The molecule has 0 unspecified atom stereocenters. The summed E-state index contributed by atoms with van der Waals surface area (Å²) in [5, 5.41) is 9.37. The van der Waals surface area contributed by atoms with E-state index < -0.39 is 0 Å². The van der Waals surface area contributed by atoms with E-state index in [-0.39, 0.29) is 6.10 Å².